The van der Waals surface area contributed by atoms with Crippen molar-refractivity contribution in [3.05, 3.63) is 34.3 Å². The third kappa shape index (κ3) is 2.89. The fourth-order valence-electron chi connectivity index (χ4n) is 0.891. The van der Waals surface area contributed by atoms with Crippen LogP contribution in [0.3, 0.4) is 0 Å². The summed E-state index contributed by atoms with van der Waals surface area (Å²) in [5.74, 6) is 0.551. The maximum absolute atomic E-state index is 5.87. The number of halogens is 4. The molecule has 1 rings (SSSR count). The molecule has 1 aromatic carbocycles. The van der Waals surface area contributed by atoms with Gasteiger partial charge in [0.1, 0.15) is 0 Å². The highest BCUT2D eigenvalue weighted by Crippen LogP contribution is 2.34. The number of rotatable bonds is 2. The topological polar surface area (TPSA) is 0 Å². The average molecular weight is 427 g/mol. The lowest BCUT2D eigenvalue weighted by Gasteiger charge is -2.08. The highest BCUT2D eigenvalue weighted by Gasteiger charge is 2.08. The molecule has 0 aromatic heterocycles. The van der Waals surface area contributed by atoms with E-state index in [0.717, 1.165) is 10.6 Å². The molecule has 0 atom stereocenters. The molecule has 1 aromatic rings. The molecule has 0 unspecified atom stereocenters. The molecule has 0 fully saturated rings. The predicted molar refractivity (Wildman–Crippen MR) is 71.8 cm³/mol. The van der Waals surface area contributed by atoms with Crippen LogP contribution in [0.1, 0.15) is 13.1 Å². The van der Waals surface area contributed by atoms with Crippen molar-refractivity contribution < 1.29 is 0 Å². The SMILES string of the molecule is ClCc1ccc(Cl)cc1C(I)I. The Morgan fingerprint density at radius 3 is 2.50 bits per heavy atom. The maximum Gasteiger partial charge on any atom is 0.0878 e. The molecule has 0 bridgehead atoms. The van der Waals surface area contributed by atoms with E-state index in [0.29, 0.717) is 7.81 Å². The largest absolute Gasteiger partial charge is 0.122 e. The summed E-state index contributed by atoms with van der Waals surface area (Å²) in [6.07, 6.45) is 0. The lowest BCUT2D eigenvalue weighted by atomic mass is 10.1. The Balaban J connectivity index is 3.12. The summed E-state index contributed by atoms with van der Waals surface area (Å²) in [5.41, 5.74) is 2.38. The van der Waals surface area contributed by atoms with Crippen LogP contribution in [0.2, 0.25) is 5.02 Å². The highest BCUT2D eigenvalue weighted by atomic mass is 127. The molecular formula is C8H6Cl2I2. The van der Waals surface area contributed by atoms with Crippen LogP contribution in [-0.4, -0.2) is 0 Å². The second-order valence-corrected chi connectivity index (χ2v) is 7.86. The Morgan fingerprint density at radius 2 is 2.00 bits per heavy atom. The standard InChI is InChI=1S/C8H6Cl2I2/c9-4-5-1-2-6(10)3-7(5)8(11)12/h1-3,8H,4H2. The van der Waals surface area contributed by atoms with Gasteiger partial charge in [0.15, 0.2) is 0 Å². The van der Waals surface area contributed by atoms with E-state index in [1.54, 1.807) is 0 Å². The maximum atomic E-state index is 5.87. The molecule has 0 saturated heterocycles. The van der Waals surface area contributed by atoms with E-state index >= 15 is 0 Å². The van der Waals surface area contributed by atoms with Crippen molar-refractivity contribution in [3.63, 3.8) is 0 Å². The van der Waals surface area contributed by atoms with E-state index in [1.807, 2.05) is 18.2 Å². The minimum absolute atomic E-state index is 0.424. The van der Waals surface area contributed by atoms with Crippen LogP contribution in [0.25, 0.3) is 0 Å². The van der Waals surface area contributed by atoms with Crippen LogP contribution in [0.4, 0.5) is 0 Å². The van der Waals surface area contributed by atoms with Crippen molar-refractivity contribution in [1.82, 2.24) is 0 Å². The first-order valence-electron chi connectivity index (χ1n) is 3.27. The van der Waals surface area contributed by atoms with Gasteiger partial charge in [-0.2, -0.15) is 0 Å². The van der Waals surface area contributed by atoms with Gasteiger partial charge in [-0.25, -0.2) is 0 Å². The first-order valence-corrected chi connectivity index (χ1v) is 6.68. The smallest absolute Gasteiger partial charge is 0.0878 e. The molecule has 0 heterocycles. The van der Waals surface area contributed by atoms with Crippen LogP contribution in [0.15, 0.2) is 18.2 Å². The summed E-state index contributed by atoms with van der Waals surface area (Å²) in [6, 6.07) is 5.83. The van der Waals surface area contributed by atoms with Crippen molar-refractivity contribution in [3.8, 4) is 0 Å². The summed E-state index contributed by atoms with van der Waals surface area (Å²) in [7, 11) is 0. The zero-order valence-corrected chi connectivity index (χ0v) is 11.9. The van der Waals surface area contributed by atoms with Crippen LogP contribution in [-0.2, 0) is 5.88 Å². The molecule has 0 spiro atoms. The summed E-state index contributed by atoms with van der Waals surface area (Å²) in [4.78, 5) is 0. The molecule has 0 saturated carbocycles. The summed E-state index contributed by atoms with van der Waals surface area (Å²) >= 11 is 16.3. The third-order valence-electron chi connectivity index (χ3n) is 1.49. The number of benzene rings is 1. The van der Waals surface area contributed by atoms with Crippen LogP contribution >= 0.6 is 68.4 Å². The quantitative estimate of drug-likeness (QED) is 0.464. The van der Waals surface area contributed by atoms with Gasteiger partial charge in [-0.1, -0.05) is 62.8 Å². The van der Waals surface area contributed by atoms with Crippen molar-refractivity contribution >= 4 is 68.4 Å². The van der Waals surface area contributed by atoms with Gasteiger partial charge in [0.05, 0.1) is 1.93 Å². The minimum atomic E-state index is 0.424. The number of hydrogen-bond acceptors (Lipinski definition) is 0. The van der Waals surface area contributed by atoms with E-state index in [-0.39, 0.29) is 0 Å². The second kappa shape index (κ2) is 5.22. The normalized spacial score (nSPS) is 10.8. The molecule has 0 N–H and O–H groups in total. The average Bonchev–Trinajstić information content (AvgIpc) is 2.04. The van der Waals surface area contributed by atoms with Gasteiger partial charge in [-0.3, -0.25) is 0 Å². The monoisotopic (exact) mass is 426 g/mol. The summed E-state index contributed by atoms with van der Waals surface area (Å²) < 4.78 is 0.424. The van der Waals surface area contributed by atoms with Crippen molar-refractivity contribution in [1.29, 1.82) is 0 Å². The van der Waals surface area contributed by atoms with Gasteiger partial charge < -0.3 is 0 Å². The van der Waals surface area contributed by atoms with Crippen molar-refractivity contribution in [2.75, 3.05) is 0 Å². The molecular weight excluding hydrogens is 421 g/mol. The van der Waals surface area contributed by atoms with Crippen LogP contribution < -0.4 is 0 Å². The second-order valence-electron chi connectivity index (χ2n) is 2.28. The molecule has 0 aliphatic carbocycles. The molecule has 0 radical (unpaired) electrons. The van der Waals surface area contributed by atoms with Crippen LogP contribution in [0, 0.1) is 0 Å². The van der Waals surface area contributed by atoms with Gasteiger partial charge in [0, 0.05) is 10.9 Å². The lowest BCUT2D eigenvalue weighted by molar-refractivity contribution is 1.30. The number of hydrogen-bond donors (Lipinski definition) is 0. The zero-order chi connectivity index (χ0) is 9.14. The van der Waals surface area contributed by atoms with E-state index in [2.05, 4.69) is 45.2 Å². The van der Waals surface area contributed by atoms with Gasteiger partial charge >= 0.3 is 0 Å². The molecule has 0 aliphatic rings. The van der Waals surface area contributed by atoms with E-state index < -0.39 is 0 Å². The Morgan fingerprint density at radius 1 is 1.33 bits per heavy atom. The first-order chi connectivity index (χ1) is 5.65. The number of alkyl halides is 3. The predicted octanol–water partition coefficient (Wildman–Crippen LogP) is 4.95. The molecule has 66 valence electrons. The van der Waals surface area contributed by atoms with E-state index in [9.17, 15) is 0 Å². The van der Waals surface area contributed by atoms with Crippen molar-refractivity contribution in [2.24, 2.45) is 0 Å². The van der Waals surface area contributed by atoms with Crippen LogP contribution in [0.5, 0.6) is 0 Å². The van der Waals surface area contributed by atoms with Gasteiger partial charge in [-0.05, 0) is 23.3 Å². The molecule has 12 heavy (non-hydrogen) atoms. The Hall–Kier alpha value is 1.26. The Labute approximate surface area is 109 Å². The van der Waals surface area contributed by atoms with Crippen molar-refractivity contribution in [2.45, 2.75) is 7.81 Å². The fraction of sp³-hybridized carbons (Fsp3) is 0.250. The van der Waals surface area contributed by atoms with Gasteiger partial charge in [0.2, 0.25) is 0 Å². The van der Waals surface area contributed by atoms with E-state index in [4.69, 9.17) is 23.2 Å². The zero-order valence-electron chi connectivity index (χ0n) is 6.03. The molecule has 0 nitrogen and oxygen atoms in total. The third-order valence-corrected chi connectivity index (χ3v) is 3.35. The Bertz CT molecular complexity index is 274. The highest BCUT2D eigenvalue weighted by molar-refractivity contribution is 14.2. The van der Waals surface area contributed by atoms with Gasteiger partial charge in [0.25, 0.3) is 0 Å². The lowest BCUT2D eigenvalue weighted by Crippen LogP contribution is -1.89. The van der Waals surface area contributed by atoms with E-state index in [1.165, 1.54) is 5.56 Å². The van der Waals surface area contributed by atoms with Gasteiger partial charge in [-0.15, -0.1) is 11.6 Å². The molecule has 4 heteroatoms. The fourth-order valence-corrected chi connectivity index (χ4v) is 2.47. The molecule has 0 aliphatic heterocycles. The summed E-state index contributed by atoms with van der Waals surface area (Å²) in [6.45, 7) is 0. The Kier molecular flexibility index (Phi) is 4.93. The molecule has 0 amide bonds. The minimum Gasteiger partial charge on any atom is -0.122 e. The summed E-state index contributed by atoms with van der Waals surface area (Å²) in [5, 5.41) is 0.775. The first kappa shape index (κ1) is 11.3.